The molecule has 1 heterocycles. The molecule has 0 atom stereocenters. The third kappa shape index (κ3) is 6.88. The highest BCUT2D eigenvalue weighted by Crippen LogP contribution is 2.09. The van der Waals surface area contributed by atoms with Crippen molar-refractivity contribution in [2.45, 2.75) is 6.42 Å². The summed E-state index contributed by atoms with van der Waals surface area (Å²) in [5.74, 6) is 0.900. The van der Waals surface area contributed by atoms with E-state index >= 15 is 0 Å². The SMILES string of the molecule is CN=C(NCCOCCOC)N(C)CCc1cccs1. The zero-order chi connectivity index (χ0) is 14.6. The van der Waals surface area contributed by atoms with Gasteiger partial charge in [-0.1, -0.05) is 6.07 Å². The van der Waals surface area contributed by atoms with Gasteiger partial charge in [-0.3, -0.25) is 4.99 Å². The summed E-state index contributed by atoms with van der Waals surface area (Å²) >= 11 is 1.79. The molecule has 0 unspecified atom stereocenters. The average molecular weight is 299 g/mol. The Morgan fingerprint density at radius 2 is 2.25 bits per heavy atom. The number of hydrogen-bond donors (Lipinski definition) is 1. The minimum atomic E-state index is 0.630. The molecule has 114 valence electrons. The van der Waals surface area contributed by atoms with Crippen molar-refractivity contribution in [1.29, 1.82) is 0 Å². The number of hydrogen-bond acceptors (Lipinski definition) is 4. The Balaban J connectivity index is 2.17. The Hall–Kier alpha value is -1.11. The molecule has 0 saturated heterocycles. The number of aliphatic imine (C=N–C) groups is 1. The van der Waals surface area contributed by atoms with Crippen molar-refractivity contribution in [3.63, 3.8) is 0 Å². The third-order valence-corrected chi connectivity index (χ3v) is 3.74. The van der Waals surface area contributed by atoms with Crippen LogP contribution in [0.4, 0.5) is 0 Å². The first-order valence-corrected chi connectivity index (χ1v) is 7.66. The molecule has 0 aliphatic rings. The van der Waals surface area contributed by atoms with Gasteiger partial charge in [-0.2, -0.15) is 0 Å². The van der Waals surface area contributed by atoms with Gasteiger partial charge in [0.1, 0.15) is 0 Å². The Morgan fingerprint density at radius 3 is 2.90 bits per heavy atom. The molecule has 1 rings (SSSR count). The normalized spacial score (nSPS) is 11.7. The predicted molar refractivity (Wildman–Crippen MR) is 84.7 cm³/mol. The van der Waals surface area contributed by atoms with Gasteiger partial charge in [0.05, 0.1) is 19.8 Å². The van der Waals surface area contributed by atoms with Gasteiger partial charge in [0.15, 0.2) is 5.96 Å². The van der Waals surface area contributed by atoms with Gasteiger partial charge in [0.2, 0.25) is 0 Å². The molecule has 1 N–H and O–H groups in total. The summed E-state index contributed by atoms with van der Waals surface area (Å²) < 4.78 is 10.3. The van der Waals surface area contributed by atoms with Crippen LogP contribution in [0.2, 0.25) is 0 Å². The fraction of sp³-hybridized carbons (Fsp3) is 0.643. The number of thiophene rings is 1. The highest BCUT2D eigenvalue weighted by Gasteiger charge is 2.05. The lowest BCUT2D eigenvalue weighted by atomic mass is 10.3. The lowest BCUT2D eigenvalue weighted by Crippen LogP contribution is -2.41. The Labute approximate surface area is 125 Å². The summed E-state index contributed by atoms with van der Waals surface area (Å²) in [6, 6.07) is 4.25. The monoisotopic (exact) mass is 299 g/mol. The van der Waals surface area contributed by atoms with Crippen molar-refractivity contribution in [3.8, 4) is 0 Å². The summed E-state index contributed by atoms with van der Waals surface area (Å²) in [5.41, 5.74) is 0. The van der Waals surface area contributed by atoms with Gasteiger partial charge < -0.3 is 19.7 Å². The summed E-state index contributed by atoms with van der Waals surface area (Å²) in [7, 11) is 5.52. The molecule has 0 fully saturated rings. The van der Waals surface area contributed by atoms with Gasteiger partial charge >= 0.3 is 0 Å². The molecule has 0 spiro atoms. The number of nitrogens with zero attached hydrogens (tertiary/aromatic N) is 2. The zero-order valence-electron chi connectivity index (χ0n) is 12.6. The van der Waals surface area contributed by atoms with Crippen LogP contribution in [0.15, 0.2) is 22.5 Å². The molecule has 0 radical (unpaired) electrons. The van der Waals surface area contributed by atoms with Crippen LogP contribution in [0.25, 0.3) is 0 Å². The van der Waals surface area contributed by atoms with E-state index in [1.807, 2.05) is 0 Å². The van der Waals surface area contributed by atoms with Gasteiger partial charge in [-0.15, -0.1) is 11.3 Å². The lowest BCUT2D eigenvalue weighted by molar-refractivity contribution is 0.0731. The topological polar surface area (TPSA) is 46.1 Å². The van der Waals surface area contributed by atoms with Gasteiger partial charge in [0.25, 0.3) is 0 Å². The van der Waals surface area contributed by atoms with Crippen LogP contribution in [-0.4, -0.2) is 65.0 Å². The molecule has 0 aliphatic carbocycles. The van der Waals surface area contributed by atoms with Crippen molar-refractivity contribution >= 4 is 17.3 Å². The maximum Gasteiger partial charge on any atom is 0.193 e. The van der Waals surface area contributed by atoms with Crippen molar-refractivity contribution in [3.05, 3.63) is 22.4 Å². The molecule has 5 nitrogen and oxygen atoms in total. The van der Waals surface area contributed by atoms with E-state index in [2.05, 4.69) is 39.8 Å². The average Bonchev–Trinajstić information content (AvgIpc) is 2.97. The number of guanidine groups is 1. The minimum Gasteiger partial charge on any atom is -0.382 e. The molecule has 0 saturated carbocycles. The maximum absolute atomic E-state index is 5.41. The molecule has 0 aliphatic heterocycles. The van der Waals surface area contributed by atoms with E-state index < -0.39 is 0 Å². The molecule has 1 aromatic heterocycles. The van der Waals surface area contributed by atoms with Crippen molar-refractivity contribution in [2.75, 3.05) is 54.1 Å². The van der Waals surface area contributed by atoms with E-state index in [1.165, 1.54) is 4.88 Å². The van der Waals surface area contributed by atoms with E-state index in [1.54, 1.807) is 25.5 Å². The molecule has 0 amide bonds. The van der Waals surface area contributed by atoms with Crippen molar-refractivity contribution < 1.29 is 9.47 Å². The second-order valence-corrected chi connectivity index (χ2v) is 5.36. The molecule has 6 heteroatoms. The first kappa shape index (κ1) is 16.9. The van der Waals surface area contributed by atoms with Crippen LogP contribution in [0.3, 0.4) is 0 Å². The summed E-state index contributed by atoms with van der Waals surface area (Å²) in [4.78, 5) is 7.81. The van der Waals surface area contributed by atoms with Crippen molar-refractivity contribution in [1.82, 2.24) is 10.2 Å². The first-order chi connectivity index (χ1) is 9.77. The third-order valence-electron chi connectivity index (χ3n) is 2.81. The number of methoxy groups -OCH3 is 1. The van der Waals surface area contributed by atoms with E-state index in [4.69, 9.17) is 9.47 Å². The summed E-state index contributed by atoms with van der Waals surface area (Å²) in [5, 5.41) is 5.40. The van der Waals surface area contributed by atoms with Gasteiger partial charge in [0, 0.05) is 39.2 Å². The smallest absolute Gasteiger partial charge is 0.193 e. The van der Waals surface area contributed by atoms with Crippen LogP contribution in [0.5, 0.6) is 0 Å². The van der Waals surface area contributed by atoms with Crippen molar-refractivity contribution in [2.24, 2.45) is 4.99 Å². The molecule has 20 heavy (non-hydrogen) atoms. The second kappa shape index (κ2) is 10.7. The Kier molecular flexibility index (Phi) is 9.02. The van der Waals surface area contributed by atoms with Crippen LogP contribution < -0.4 is 5.32 Å². The number of nitrogens with one attached hydrogen (secondary N) is 1. The standard InChI is InChI=1S/C14H25N3O2S/c1-15-14(16-7-9-19-11-10-18-3)17(2)8-6-13-5-4-12-20-13/h4-5,12H,6-11H2,1-3H3,(H,15,16). The molecular weight excluding hydrogens is 274 g/mol. The van der Waals surface area contributed by atoms with Crippen LogP contribution >= 0.6 is 11.3 Å². The number of ether oxygens (including phenoxy) is 2. The summed E-state index contributed by atoms with van der Waals surface area (Å²) in [6.07, 6.45) is 1.04. The number of rotatable bonds is 9. The fourth-order valence-corrected chi connectivity index (χ4v) is 2.40. The maximum atomic E-state index is 5.41. The highest BCUT2D eigenvalue weighted by atomic mass is 32.1. The minimum absolute atomic E-state index is 0.630. The molecule has 0 bridgehead atoms. The van der Waals surface area contributed by atoms with E-state index in [0.717, 1.165) is 25.5 Å². The highest BCUT2D eigenvalue weighted by molar-refractivity contribution is 7.09. The first-order valence-electron chi connectivity index (χ1n) is 6.78. The van der Waals surface area contributed by atoms with Gasteiger partial charge in [-0.05, 0) is 17.9 Å². The van der Waals surface area contributed by atoms with Crippen LogP contribution in [0.1, 0.15) is 4.88 Å². The lowest BCUT2D eigenvalue weighted by Gasteiger charge is -2.21. The van der Waals surface area contributed by atoms with E-state index in [9.17, 15) is 0 Å². The Morgan fingerprint density at radius 1 is 1.40 bits per heavy atom. The fourth-order valence-electron chi connectivity index (χ4n) is 1.70. The second-order valence-electron chi connectivity index (χ2n) is 4.33. The van der Waals surface area contributed by atoms with Crippen LogP contribution in [0, 0.1) is 0 Å². The quantitative estimate of drug-likeness (QED) is 0.426. The number of likely N-dealkylation sites (N-methyl/N-ethyl adjacent to an activating group) is 1. The van der Waals surface area contributed by atoms with Gasteiger partial charge in [-0.25, -0.2) is 0 Å². The summed E-state index contributed by atoms with van der Waals surface area (Å²) in [6.45, 7) is 3.62. The molecule has 0 aromatic carbocycles. The predicted octanol–water partition coefficient (Wildman–Crippen LogP) is 1.46. The Bertz CT molecular complexity index is 369. The van der Waals surface area contributed by atoms with E-state index in [-0.39, 0.29) is 0 Å². The van der Waals surface area contributed by atoms with Crippen LogP contribution in [-0.2, 0) is 15.9 Å². The largest absolute Gasteiger partial charge is 0.382 e. The molecule has 1 aromatic rings. The zero-order valence-corrected chi connectivity index (χ0v) is 13.4. The molecular formula is C14H25N3O2S. The van der Waals surface area contributed by atoms with E-state index in [0.29, 0.717) is 19.8 Å².